The number of ether oxygens (including phenoxy) is 2. The second kappa shape index (κ2) is 9.18. The summed E-state index contributed by atoms with van der Waals surface area (Å²) in [6.07, 6.45) is 1.31. The molecule has 1 amide bonds. The Hall–Kier alpha value is -3.87. The number of rotatable bonds is 7. The van der Waals surface area contributed by atoms with Gasteiger partial charge in [-0.05, 0) is 17.7 Å². The molecule has 0 atom stereocenters. The first kappa shape index (κ1) is 18.9. The second-order valence-corrected chi connectivity index (χ2v) is 5.78. The molecule has 1 heterocycles. The minimum atomic E-state index is -0.694. The maximum absolute atomic E-state index is 12.1. The number of carbonyl (C=O) groups is 2. The van der Waals surface area contributed by atoms with E-state index in [1.54, 1.807) is 24.3 Å². The number of esters is 1. The molecule has 0 unspecified atom stereocenters. The predicted octanol–water partition coefficient (Wildman–Crippen LogP) is 3.05. The molecule has 3 rings (SSSR count). The van der Waals surface area contributed by atoms with E-state index in [1.807, 2.05) is 36.4 Å². The van der Waals surface area contributed by atoms with Gasteiger partial charge < -0.3 is 19.9 Å². The van der Waals surface area contributed by atoms with Crippen LogP contribution in [0, 0.1) is 0 Å². The number of aromatic hydroxyl groups is 1. The Labute approximate surface area is 161 Å². The first-order valence-corrected chi connectivity index (χ1v) is 8.51. The van der Waals surface area contributed by atoms with Gasteiger partial charge in [0.1, 0.15) is 24.7 Å². The average Bonchev–Trinajstić information content (AvgIpc) is 2.72. The lowest BCUT2D eigenvalue weighted by molar-refractivity contribution is -0.143. The summed E-state index contributed by atoms with van der Waals surface area (Å²) in [5.74, 6) is -0.797. The number of aromatic nitrogens is 1. The predicted molar refractivity (Wildman–Crippen MR) is 101 cm³/mol. The molecule has 28 heavy (non-hydrogen) atoms. The smallest absolute Gasteiger partial charge is 0.325 e. The van der Waals surface area contributed by atoms with E-state index in [0.29, 0.717) is 5.75 Å². The van der Waals surface area contributed by atoms with Crippen LogP contribution in [0.15, 0.2) is 72.9 Å². The van der Waals surface area contributed by atoms with Crippen molar-refractivity contribution in [3.05, 3.63) is 84.2 Å². The first-order valence-electron chi connectivity index (χ1n) is 8.51. The molecule has 0 aliphatic carbocycles. The van der Waals surface area contributed by atoms with Crippen LogP contribution in [0.1, 0.15) is 16.1 Å². The topological polar surface area (TPSA) is 97.8 Å². The Morgan fingerprint density at radius 3 is 2.32 bits per heavy atom. The van der Waals surface area contributed by atoms with Gasteiger partial charge in [0.15, 0.2) is 11.4 Å². The molecular weight excluding hydrogens is 360 g/mol. The molecule has 1 aromatic heterocycles. The van der Waals surface area contributed by atoms with Gasteiger partial charge in [0.2, 0.25) is 0 Å². The molecule has 2 N–H and O–H groups in total. The second-order valence-electron chi connectivity index (χ2n) is 5.78. The van der Waals surface area contributed by atoms with Gasteiger partial charge in [-0.1, -0.05) is 48.5 Å². The van der Waals surface area contributed by atoms with Crippen molar-refractivity contribution in [1.82, 2.24) is 10.3 Å². The molecule has 142 valence electrons. The molecule has 0 aliphatic rings. The highest BCUT2D eigenvalue weighted by molar-refractivity contribution is 5.96. The third-order valence-corrected chi connectivity index (χ3v) is 3.67. The van der Waals surface area contributed by atoms with Gasteiger partial charge in [-0.15, -0.1) is 0 Å². The van der Waals surface area contributed by atoms with E-state index < -0.39 is 11.9 Å². The van der Waals surface area contributed by atoms with Crippen LogP contribution in [0.3, 0.4) is 0 Å². The van der Waals surface area contributed by atoms with Crippen LogP contribution >= 0.6 is 0 Å². The summed E-state index contributed by atoms with van der Waals surface area (Å²) in [6.45, 7) is -0.223. The lowest BCUT2D eigenvalue weighted by Gasteiger charge is -2.09. The molecule has 7 nitrogen and oxygen atoms in total. The van der Waals surface area contributed by atoms with E-state index >= 15 is 0 Å². The van der Waals surface area contributed by atoms with Crippen molar-refractivity contribution in [3.63, 3.8) is 0 Å². The zero-order chi connectivity index (χ0) is 19.8. The summed E-state index contributed by atoms with van der Waals surface area (Å²) < 4.78 is 10.6. The minimum absolute atomic E-state index is 0.116. The van der Waals surface area contributed by atoms with Crippen molar-refractivity contribution in [2.24, 2.45) is 0 Å². The molecule has 0 spiro atoms. The number of hydrogen-bond donors (Lipinski definition) is 2. The van der Waals surface area contributed by atoms with Crippen LogP contribution in [0.5, 0.6) is 17.2 Å². The number of nitrogens with zero attached hydrogens (tertiary/aromatic N) is 1. The number of hydrogen-bond acceptors (Lipinski definition) is 6. The molecule has 2 aromatic carbocycles. The number of nitrogens with one attached hydrogen (secondary N) is 1. The summed E-state index contributed by atoms with van der Waals surface area (Å²) in [6, 6.07) is 19.4. The average molecular weight is 378 g/mol. The van der Waals surface area contributed by atoms with E-state index in [2.05, 4.69) is 10.3 Å². The fourth-order valence-electron chi connectivity index (χ4n) is 2.32. The third kappa shape index (κ3) is 5.31. The van der Waals surface area contributed by atoms with Gasteiger partial charge in [-0.2, -0.15) is 0 Å². The van der Waals surface area contributed by atoms with Gasteiger partial charge >= 0.3 is 5.97 Å². The third-order valence-electron chi connectivity index (χ3n) is 3.67. The van der Waals surface area contributed by atoms with E-state index in [1.165, 1.54) is 12.3 Å². The van der Waals surface area contributed by atoms with Crippen LogP contribution in [-0.2, 0) is 16.1 Å². The molecule has 0 aliphatic heterocycles. The number of carbonyl (C=O) groups excluding carboxylic acids is 2. The van der Waals surface area contributed by atoms with Gasteiger partial charge in [0, 0.05) is 6.07 Å². The zero-order valence-electron chi connectivity index (χ0n) is 14.9. The molecule has 0 saturated carbocycles. The maximum Gasteiger partial charge on any atom is 0.325 e. The Morgan fingerprint density at radius 1 is 0.964 bits per heavy atom. The van der Waals surface area contributed by atoms with Crippen molar-refractivity contribution >= 4 is 11.9 Å². The summed E-state index contributed by atoms with van der Waals surface area (Å²) in [7, 11) is 0. The van der Waals surface area contributed by atoms with Crippen LogP contribution in [-0.4, -0.2) is 28.5 Å². The van der Waals surface area contributed by atoms with E-state index in [4.69, 9.17) is 9.47 Å². The number of benzene rings is 2. The monoisotopic (exact) mass is 378 g/mol. The lowest BCUT2D eigenvalue weighted by atomic mass is 10.2. The standard InChI is InChI=1S/C21H18N2O5/c24-18-11-17(28-16-9-5-2-6-10-16)12-22-20(18)21(26)23-13-19(25)27-14-15-7-3-1-4-8-15/h1-12,24H,13-14H2,(H,23,26). The molecule has 0 bridgehead atoms. The Morgan fingerprint density at radius 2 is 1.64 bits per heavy atom. The normalized spacial score (nSPS) is 10.1. The molecule has 0 saturated heterocycles. The minimum Gasteiger partial charge on any atom is -0.505 e. The summed E-state index contributed by atoms with van der Waals surface area (Å²) in [4.78, 5) is 27.8. The lowest BCUT2D eigenvalue weighted by Crippen LogP contribution is -2.31. The highest BCUT2D eigenvalue weighted by Gasteiger charge is 2.16. The van der Waals surface area contributed by atoms with E-state index in [0.717, 1.165) is 5.56 Å². The number of para-hydroxylation sites is 1. The fraction of sp³-hybridized carbons (Fsp3) is 0.0952. The van der Waals surface area contributed by atoms with Crippen LogP contribution in [0.25, 0.3) is 0 Å². The molecule has 7 heteroatoms. The largest absolute Gasteiger partial charge is 0.505 e. The van der Waals surface area contributed by atoms with E-state index in [9.17, 15) is 14.7 Å². The highest BCUT2D eigenvalue weighted by atomic mass is 16.5. The summed E-state index contributed by atoms with van der Waals surface area (Å²) in [5, 5.41) is 12.4. The zero-order valence-corrected chi connectivity index (χ0v) is 14.9. The van der Waals surface area contributed by atoms with Crippen LogP contribution in [0.2, 0.25) is 0 Å². The van der Waals surface area contributed by atoms with Crippen molar-refractivity contribution < 1.29 is 24.2 Å². The van der Waals surface area contributed by atoms with Crippen molar-refractivity contribution in [2.75, 3.05) is 6.54 Å². The number of pyridine rings is 1. The SMILES string of the molecule is O=C(CNC(=O)c1ncc(Oc2ccccc2)cc1O)OCc1ccccc1. The fourth-order valence-corrected chi connectivity index (χ4v) is 2.32. The van der Waals surface area contributed by atoms with Gasteiger partial charge in [-0.3, -0.25) is 9.59 Å². The maximum atomic E-state index is 12.1. The van der Waals surface area contributed by atoms with Gasteiger partial charge in [0.25, 0.3) is 5.91 Å². The van der Waals surface area contributed by atoms with Gasteiger partial charge in [-0.25, -0.2) is 4.98 Å². The quantitative estimate of drug-likeness (QED) is 0.613. The number of amides is 1. The molecule has 0 radical (unpaired) electrons. The Balaban J connectivity index is 1.51. The molecular formula is C21H18N2O5. The van der Waals surface area contributed by atoms with Crippen molar-refractivity contribution in [3.8, 4) is 17.2 Å². The van der Waals surface area contributed by atoms with Crippen LogP contribution in [0.4, 0.5) is 0 Å². The summed E-state index contributed by atoms with van der Waals surface area (Å²) in [5.41, 5.74) is 0.631. The highest BCUT2D eigenvalue weighted by Crippen LogP contribution is 2.25. The van der Waals surface area contributed by atoms with Crippen molar-refractivity contribution in [2.45, 2.75) is 6.61 Å². The first-order chi connectivity index (χ1) is 13.6. The van der Waals surface area contributed by atoms with Crippen molar-refractivity contribution in [1.29, 1.82) is 0 Å². The Bertz CT molecular complexity index is 946. The van der Waals surface area contributed by atoms with E-state index in [-0.39, 0.29) is 30.3 Å². The molecule has 0 fully saturated rings. The van der Waals surface area contributed by atoms with Crippen LogP contribution < -0.4 is 10.1 Å². The van der Waals surface area contributed by atoms with Gasteiger partial charge in [0.05, 0.1) is 6.20 Å². The Kier molecular flexibility index (Phi) is 6.20. The summed E-state index contributed by atoms with van der Waals surface area (Å²) >= 11 is 0. The molecule has 3 aromatic rings.